The maximum absolute atomic E-state index is 12.6. The zero-order valence-electron chi connectivity index (χ0n) is 6.19. The quantitative estimate of drug-likeness (QED) is 0.441. The van der Waals surface area contributed by atoms with E-state index in [-0.39, 0.29) is 5.82 Å². The summed E-state index contributed by atoms with van der Waals surface area (Å²) < 4.78 is 12.6. The third-order valence-electron chi connectivity index (χ3n) is 1.48. The molecular formula is C9H8FN. The maximum Gasteiger partial charge on any atom is 0.125 e. The average Bonchev–Trinajstić information content (AvgIpc) is 1.85. The van der Waals surface area contributed by atoms with Crippen LogP contribution in [0.25, 0.3) is 0 Å². The molecule has 0 radical (unpaired) electrons. The summed E-state index contributed by atoms with van der Waals surface area (Å²) >= 11 is 0. The summed E-state index contributed by atoms with van der Waals surface area (Å²) in [6, 6.07) is 2.59. The Hall–Kier alpha value is -1.49. The lowest BCUT2D eigenvalue weighted by atomic mass is 10.1. The summed E-state index contributed by atoms with van der Waals surface area (Å²) in [4.78, 5) is 0. The first-order chi connectivity index (χ1) is 5.15. The van der Waals surface area contributed by atoms with E-state index in [1.807, 2.05) is 0 Å². The number of halogens is 1. The first kappa shape index (κ1) is 7.62. The summed E-state index contributed by atoms with van der Waals surface area (Å²) in [6.45, 7) is 1.73. The van der Waals surface area contributed by atoms with E-state index >= 15 is 0 Å². The van der Waals surface area contributed by atoms with E-state index < -0.39 is 0 Å². The molecule has 0 heterocycles. The van der Waals surface area contributed by atoms with Gasteiger partial charge in [-0.25, -0.2) is 4.39 Å². The number of hydrogen-bond donors (Lipinski definition) is 1. The van der Waals surface area contributed by atoms with Gasteiger partial charge >= 0.3 is 0 Å². The Morgan fingerprint density at radius 3 is 2.64 bits per heavy atom. The van der Waals surface area contributed by atoms with Crippen LogP contribution in [0.3, 0.4) is 0 Å². The molecule has 0 unspecified atom stereocenters. The van der Waals surface area contributed by atoms with E-state index in [4.69, 9.17) is 12.2 Å². The minimum atomic E-state index is -0.348. The lowest BCUT2D eigenvalue weighted by Crippen LogP contribution is -1.94. The Labute approximate surface area is 65.0 Å². The number of aryl methyl sites for hydroxylation is 1. The molecule has 0 amide bonds. The summed E-state index contributed by atoms with van der Waals surface area (Å²) in [7, 11) is 0. The van der Waals surface area contributed by atoms with Crippen LogP contribution in [0.15, 0.2) is 12.1 Å². The summed E-state index contributed by atoms with van der Waals surface area (Å²) in [5, 5.41) is 0. The van der Waals surface area contributed by atoms with Crippen LogP contribution >= 0.6 is 0 Å². The first-order valence-electron chi connectivity index (χ1n) is 3.17. The van der Waals surface area contributed by atoms with Crippen LogP contribution in [0.2, 0.25) is 0 Å². The Kier molecular flexibility index (Phi) is 1.82. The van der Waals surface area contributed by atoms with E-state index in [9.17, 15) is 4.39 Å². The van der Waals surface area contributed by atoms with Gasteiger partial charge in [0.1, 0.15) is 5.82 Å². The minimum absolute atomic E-state index is 0.324. The van der Waals surface area contributed by atoms with Crippen molar-refractivity contribution < 1.29 is 4.39 Å². The fraction of sp³-hybridized carbons (Fsp3) is 0.111. The summed E-state index contributed by atoms with van der Waals surface area (Å²) in [6.07, 6.45) is 5.15. The zero-order chi connectivity index (χ0) is 8.43. The summed E-state index contributed by atoms with van der Waals surface area (Å²) in [5.74, 6) is 2.05. The number of terminal acetylenes is 1. The van der Waals surface area contributed by atoms with Gasteiger partial charge in [-0.3, -0.25) is 0 Å². The molecule has 1 rings (SSSR count). The van der Waals surface area contributed by atoms with Gasteiger partial charge in [-0.05, 0) is 24.6 Å². The van der Waals surface area contributed by atoms with Crippen molar-refractivity contribution in [1.82, 2.24) is 0 Å². The van der Waals surface area contributed by atoms with Gasteiger partial charge in [0, 0.05) is 0 Å². The molecule has 0 aromatic heterocycles. The normalized spacial score (nSPS) is 9.18. The molecule has 0 aliphatic heterocycles. The average molecular weight is 149 g/mol. The monoisotopic (exact) mass is 149 g/mol. The molecule has 0 aliphatic carbocycles. The second-order valence-corrected chi connectivity index (χ2v) is 2.33. The molecule has 0 aliphatic rings. The fourth-order valence-corrected chi connectivity index (χ4v) is 0.966. The van der Waals surface area contributed by atoms with Crippen molar-refractivity contribution in [2.24, 2.45) is 0 Å². The van der Waals surface area contributed by atoms with Crippen molar-refractivity contribution in [3.05, 3.63) is 29.1 Å². The lowest BCUT2D eigenvalue weighted by Gasteiger charge is -2.01. The number of hydrogen-bond acceptors (Lipinski definition) is 1. The smallest absolute Gasteiger partial charge is 0.125 e. The molecule has 0 saturated carbocycles. The highest BCUT2D eigenvalue weighted by Crippen LogP contribution is 2.16. The van der Waals surface area contributed by atoms with Crippen LogP contribution in [0.5, 0.6) is 0 Å². The van der Waals surface area contributed by atoms with Crippen LogP contribution in [0, 0.1) is 25.1 Å². The molecule has 2 N–H and O–H groups in total. The van der Waals surface area contributed by atoms with E-state index in [0.29, 0.717) is 16.8 Å². The highest BCUT2D eigenvalue weighted by atomic mass is 19.1. The highest BCUT2D eigenvalue weighted by Gasteiger charge is 2.01. The largest absolute Gasteiger partial charge is 0.398 e. The van der Waals surface area contributed by atoms with Crippen LogP contribution in [-0.4, -0.2) is 0 Å². The molecule has 0 atom stereocenters. The molecule has 2 heteroatoms. The Morgan fingerprint density at radius 1 is 1.55 bits per heavy atom. The van der Waals surface area contributed by atoms with Crippen LogP contribution in [-0.2, 0) is 0 Å². The third kappa shape index (κ3) is 1.32. The maximum atomic E-state index is 12.6. The number of nitrogens with two attached hydrogens (primary N) is 1. The molecule has 56 valence electrons. The van der Waals surface area contributed by atoms with Crippen LogP contribution in [0.4, 0.5) is 10.1 Å². The predicted octanol–water partition coefficient (Wildman–Crippen LogP) is 1.70. The van der Waals surface area contributed by atoms with E-state index in [1.165, 1.54) is 12.1 Å². The van der Waals surface area contributed by atoms with Crippen molar-refractivity contribution in [3.8, 4) is 12.3 Å². The first-order valence-corrected chi connectivity index (χ1v) is 3.17. The molecule has 0 spiro atoms. The number of nitrogen functional groups attached to an aromatic ring is 1. The molecule has 11 heavy (non-hydrogen) atoms. The second-order valence-electron chi connectivity index (χ2n) is 2.33. The van der Waals surface area contributed by atoms with Gasteiger partial charge in [-0.1, -0.05) is 5.92 Å². The van der Waals surface area contributed by atoms with Gasteiger partial charge < -0.3 is 5.73 Å². The zero-order valence-corrected chi connectivity index (χ0v) is 6.19. The number of rotatable bonds is 0. The van der Waals surface area contributed by atoms with Crippen LogP contribution in [0.1, 0.15) is 11.1 Å². The van der Waals surface area contributed by atoms with Gasteiger partial charge in [0.2, 0.25) is 0 Å². The van der Waals surface area contributed by atoms with Gasteiger partial charge in [0.05, 0.1) is 11.3 Å². The lowest BCUT2D eigenvalue weighted by molar-refractivity contribution is 0.627. The molecule has 0 bridgehead atoms. The van der Waals surface area contributed by atoms with Gasteiger partial charge in [0.25, 0.3) is 0 Å². The Morgan fingerprint density at radius 2 is 2.18 bits per heavy atom. The van der Waals surface area contributed by atoms with Crippen molar-refractivity contribution in [1.29, 1.82) is 0 Å². The minimum Gasteiger partial charge on any atom is -0.398 e. The van der Waals surface area contributed by atoms with Crippen LogP contribution < -0.4 is 5.73 Å². The predicted molar refractivity (Wildman–Crippen MR) is 43.5 cm³/mol. The number of benzene rings is 1. The molecule has 1 aromatic carbocycles. The van der Waals surface area contributed by atoms with Gasteiger partial charge in [-0.15, -0.1) is 6.42 Å². The van der Waals surface area contributed by atoms with Gasteiger partial charge in [0.15, 0.2) is 0 Å². The Balaban J connectivity index is 3.40. The Bertz CT molecular complexity index is 300. The molecule has 1 aromatic rings. The second kappa shape index (κ2) is 2.63. The van der Waals surface area contributed by atoms with Crippen molar-refractivity contribution in [2.75, 3.05) is 5.73 Å². The number of anilines is 1. The molecular weight excluding hydrogens is 141 g/mol. The molecule has 1 nitrogen and oxygen atoms in total. The highest BCUT2D eigenvalue weighted by molar-refractivity contribution is 5.58. The standard InChI is InChI=1S/C9H8FN/c1-3-8-6(2)4-7(10)5-9(8)11/h1,4-5H,11H2,2H3. The fourth-order valence-electron chi connectivity index (χ4n) is 0.966. The molecule has 0 fully saturated rings. The van der Waals surface area contributed by atoms with Crippen molar-refractivity contribution in [3.63, 3.8) is 0 Å². The van der Waals surface area contributed by atoms with Crippen molar-refractivity contribution in [2.45, 2.75) is 6.92 Å². The van der Waals surface area contributed by atoms with E-state index in [1.54, 1.807) is 6.92 Å². The van der Waals surface area contributed by atoms with Gasteiger partial charge in [-0.2, -0.15) is 0 Å². The topological polar surface area (TPSA) is 26.0 Å². The molecule has 0 saturated heterocycles. The van der Waals surface area contributed by atoms with E-state index in [2.05, 4.69) is 5.92 Å². The third-order valence-corrected chi connectivity index (χ3v) is 1.48. The van der Waals surface area contributed by atoms with Crippen molar-refractivity contribution >= 4 is 5.69 Å². The van der Waals surface area contributed by atoms with E-state index in [0.717, 1.165) is 0 Å². The SMILES string of the molecule is C#Cc1c(C)cc(F)cc1N. The summed E-state index contributed by atoms with van der Waals surface area (Å²) in [5.41, 5.74) is 7.05.